The van der Waals surface area contributed by atoms with Crippen LogP contribution in [0.5, 0.6) is 0 Å². The van der Waals surface area contributed by atoms with Crippen molar-refractivity contribution < 1.29 is 18.0 Å². The van der Waals surface area contributed by atoms with E-state index >= 15 is 0 Å². The number of rotatable bonds is 11. The Bertz CT molecular complexity index is 1340. The largest absolute Gasteiger partial charge is 0.352 e. The molecule has 202 valence electrons. The van der Waals surface area contributed by atoms with Crippen LogP contribution in [0.4, 0.5) is 5.69 Å². The Morgan fingerprint density at radius 1 is 0.868 bits per heavy atom. The molecular weight excluding hydrogens is 498 g/mol. The van der Waals surface area contributed by atoms with Gasteiger partial charge < -0.3 is 10.2 Å². The second-order valence-electron chi connectivity index (χ2n) is 9.69. The Morgan fingerprint density at radius 2 is 1.53 bits per heavy atom. The molecule has 1 N–H and O–H groups in total. The molecule has 0 aromatic heterocycles. The molecule has 3 aromatic rings. The van der Waals surface area contributed by atoms with Crippen LogP contribution in [0.15, 0.2) is 83.8 Å². The van der Waals surface area contributed by atoms with E-state index in [-0.39, 0.29) is 23.4 Å². The molecule has 0 aliphatic carbocycles. The van der Waals surface area contributed by atoms with Gasteiger partial charge in [0.15, 0.2) is 0 Å². The van der Waals surface area contributed by atoms with Crippen molar-refractivity contribution in [3.8, 4) is 0 Å². The van der Waals surface area contributed by atoms with Crippen LogP contribution >= 0.6 is 0 Å². The van der Waals surface area contributed by atoms with E-state index in [9.17, 15) is 18.0 Å². The smallest absolute Gasteiger partial charge is 0.264 e. The average molecular weight is 536 g/mol. The first-order valence-corrected chi connectivity index (χ1v) is 14.3. The first kappa shape index (κ1) is 28.9. The Kier molecular flexibility index (Phi) is 9.69. The van der Waals surface area contributed by atoms with Gasteiger partial charge in [-0.2, -0.15) is 0 Å². The highest BCUT2D eigenvalue weighted by Gasteiger charge is 2.32. The fourth-order valence-electron chi connectivity index (χ4n) is 4.14. The molecule has 3 rings (SSSR count). The maximum Gasteiger partial charge on any atom is 0.264 e. The summed E-state index contributed by atoms with van der Waals surface area (Å²) >= 11 is 0. The number of hydrogen-bond donors (Lipinski definition) is 1. The van der Waals surface area contributed by atoms with Crippen molar-refractivity contribution in [2.45, 2.75) is 64.6 Å². The summed E-state index contributed by atoms with van der Waals surface area (Å²) in [7, 11) is -4.06. The molecule has 0 radical (unpaired) electrons. The molecule has 0 unspecified atom stereocenters. The summed E-state index contributed by atoms with van der Waals surface area (Å²) in [5.41, 5.74) is 3.32. The summed E-state index contributed by atoms with van der Waals surface area (Å²) in [4.78, 5) is 28.4. The number of aryl methyl sites for hydroxylation is 2. The predicted octanol–water partition coefficient (Wildman–Crippen LogP) is 4.69. The molecule has 0 saturated heterocycles. The minimum absolute atomic E-state index is 0.0863. The van der Waals surface area contributed by atoms with Crippen LogP contribution in [-0.2, 0) is 32.6 Å². The molecule has 38 heavy (non-hydrogen) atoms. The van der Waals surface area contributed by atoms with Gasteiger partial charge in [0.2, 0.25) is 11.8 Å². The van der Waals surface area contributed by atoms with Crippen molar-refractivity contribution in [1.82, 2.24) is 10.2 Å². The minimum Gasteiger partial charge on any atom is -0.352 e. The summed E-state index contributed by atoms with van der Waals surface area (Å²) in [5, 5.41) is 2.86. The number of hydrogen-bond acceptors (Lipinski definition) is 4. The first-order chi connectivity index (χ1) is 18.0. The zero-order valence-corrected chi connectivity index (χ0v) is 23.5. The number of anilines is 1. The molecule has 1 atom stereocenters. The second-order valence-corrected chi connectivity index (χ2v) is 11.6. The van der Waals surface area contributed by atoms with Gasteiger partial charge >= 0.3 is 0 Å². The fourth-order valence-corrected chi connectivity index (χ4v) is 5.58. The monoisotopic (exact) mass is 535 g/mol. The van der Waals surface area contributed by atoms with Crippen LogP contribution in [-0.4, -0.2) is 43.8 Å². The lowest BCUT2D eigenvalue weighted by Gasteiger charge is -2.32. The molecule has 3 aromatic carbocycles. The number of carbonyl (C=O) groups is 2. The van der Waals surface area contributed by atoms with Crippen LogP contribution in [0.1, 0.15) is 44.4 Å². The predicted molar refractivity (Wildman–Crippen MR) is 151 cm³/mol. The number of carbonyl (C=O) groups excluding carboxylic acids is 2. The summed E-state index contributed by atoms with van der Waals surface area (Å²) in [6.07, 6.45) is 0.803. The van der Waals surface area contributed by atoms with Gasteiger partial charge in [0, 0.05) is 12.6 Å². The fraction of sp³-hybridized carbons (Fsp3) is 0.333. The normalized spacial score (nSPS) is 12.2. The van der Waals surface area contributed by atoms with Crippen LogP contribution in [0.3, 0.4) is 0 Å². The minimum atomic E-state index is -4.06. The quantitative estimate of drug-likeness (QED) is 0.386. The van der Waals surface area contributed by atoms with Gasteiger partial charge in [-0.15, -0.1) is 0 Å². The number of benzene rings is 3. The lowest BCUT2D eigenvalue weighted by molar-refractivity contribution is -0.139. The van der Waals surface area contributed by atoms with Crippen molar-refractivity contribution in [2.75, 3.05) is 10.8 Å². The van der Waals surface area contributed by atoms with Gasteiger partial charge in [-0.25, -0.2) is 8.42 Å². The number of nitrogens with zero attached hydrogens (tertiary/aromatic N) is 2. The Morgan fingerprint density at radius 3 is 2.11 bits per heavy atom. The SMILES string of the molecule is CCc1ccc(N(CC(=O)N(Cc2cccc(C)c2)[C@H](C)C(=O)NC(C)C)S(=O)(=O)c2ccccc2)cc1. The Balaban J connectivity index is 2.02. The van der Waals surface area contributed by atoms with Crippen LogP contribution < -0.4 is 9.62 Å². The van der Waals surface area contributed by atoms with E-state index in [1.807, 2.05) is 64.1 Å². The van der Waals surface area contributed by atoms with Gasteiger partial charge in [-0.1, -0.05) is 67.1 Å². The first-order valence-electron chi connectivity index (χ1n) is 12.8. The third-order valence-corrected chi connectivity index (χ3v) is 8.06. The molecule has 8 heteroatoms. The molecule has 0 aliphatic heterocycles. The van der Waals surface area contributed by atoms with E-state index in [2.05, 4.69) is 5.32 Å². The van der Waals surface area contributed by atoms with Crippen molar-refractivity contribution in [2.24, 2.45) is 0 Å². The van der Waals surface area contributed by atoms with Crippen molar-refractivity contribution in [3.05, 3.63) is 95.6 Å². The Labute approximate surface area is 226 Å². The van der Waals surface area contributed by atoms with Gasteiger partial charge in [0.1, 0.15) is 12.6 Å². The van der Waals surface area contributed by atoms with Crippen LogP contribution in [0.2, 0.25) is 0 Å². The molecule has 0 fully saturated rings. The van der Waals surface area contributed by atoms with Gasteiger partial charge in [0.25, 0.3) is 10.0 Å². The van der Waals surface area contributed by atoms with E-state index in [1.54, 1.807) is 37.3 Å². The molecule has 0 bridgehead atoms. The van der Waals surface area contributed by atoms with Gasteiger partial charge in [-0.3, -0.25) is 13.9 Å². The van der Waals surface area contributed by atoms with E-state index in [1.165, 1.54) is 17.0 Å². The zero-order valence-electron chi connectivity index (χ0n) is 22.7. The zero-order chi connectivity index (χ0) is 27.9. The lowest BCUT2D eigenvalue weighted by atomic mass is 10.1. The van der Waals surface area contributed by atoms with E-state index < -0.39 is 28.5 Å². The van der Waals surface area contributed by atoms with Gasteiger partial charge in [-0.05, 0) is 69.5 Å². The third-order valence-electron chi connectivity index (χ3n) is 6.28. The third kappa shape index (κ3) is 7.22. The number of amides is 2. The number of sulfonamides is 1. The van der Waals surface area contributed by atoms with E-state index in [0.29, 0.717) is 5.69 Å². The molecule has 7 nitrogen and oxygen atoms in total. The molecular formula is C30H37N3O4S. The highest BCUT2D eigenvalue weighted by molar-refractivity contribution is 7.92. The van der Waals surface area contributed by atoms with Gasteiger partial charge in [0.05, 0.1) is 10.6 Å². The van der Waals surface area contributed by atoms with Crippen LogP contribution in [0, 0.1) is 6.92 Å². The van der Waals surface area contributed by atoms with Crippen molar-refractivity contribution in [1.29, 1.82) is 0 Å². The molecule has 0 heterocycles. The number of nitrogens with one attached hydrogen (secondary N) is 1. The summed E-state index contributed by atoms with van der Waals surface area (Å²) < 4.78 is 28.7. The molecule has 0 saturated carbocycles. The maximum absolute atomic E-state index is 13.9. The summed E-state index contributed by atoms with van der Waals surface area (Å²) in [6.45, 7) is 9.06. The molecule has 0 aliphatic rings. The summed E-state index contributed by atoms with van der Waals surface area (Å²) in [6, 6.07) is 22.0. The average Bonchev–Trinajstić information content (AvgIpc) is 2.90. The maximum atomic E-state index is 13.9. The van der Waals surface area contributed by atoms with Crippen molar-refractivity contribution >= 4 is 27.5 Å². The van der Waals surface area contributed by atoms with E-state index in [0.717, 1.165) is 27.4 Å². The molecule has 0 spiro atoms. The topological polar surface area (TPSA) is 86.8 Å². The standard InChI is InChI=1S/C30H37N3O4S/c1-6-25-15-17-27(18-16-25)33(38(36,37)28-13-8-7-9-14-28)21-29(34)32(24(5)30(35)31-22(2)3)20-26-12-10-11-23(4)19-26/h7-19,22,24H,6,20-21H2,1-5H3,(H,31,35)/t24-/m1/s1. The lowest BCUT2D eigenvalue weighted by Crippen LogP contribution is -2.52. The highest BCUT2D eigenvalue weighted by atomic mass is 32.2. The molecule has 2 amide bonds. The second kappa shape index (κ2) is 12.7. The highest BCUT2D eigenvalue weighted by Crippen LogP contribution is 2.25. The summed E-state index contributed by atoms with van der Waals surface area (Å²) in [5.74, 6) is -0.775. The van der Waals surface area contributed by atoms with Crippen LogP contribution in [0.25, 0.3) is 0 Å². The van der Waals surface area contributed by atoms with E-state index in [4.69, 9.17) is 0 Å². The van der Waals surface area contributed by atoms with Crippen molar-refractivity contribution in [3.63, 3.8) is 0 Å². The Hall–Kier alpha value is -3.65.